The maximum Gasteiger partial charge on any atom is 0.251 e. The lowest BCUT2D eigenvalue weighted by Crippen LogP contribution is -2.49. The number of carbonyl (C=O) groups excluding carboxylic acids is 1. The molecule has 4 heteroatoms. The maximum atomic E-state index is 13.2. The fraction of sp³-hybridized carbons (Fsp3) is 0.500. The van der Waals surface area contributed by atoms with E-state index in [4.69, 9.17) is 0 Å². The SMILES string of the molecule is Cc1cc(F)cc(C(=O)NC2(CO)CCCC2)c1. The Bertz CT molecular complexity index is 433. The van der Waals surface area contributed by atoms with Crippen molar-refractivity contribution in [2.75, 3.05) is 6.61 Å². The third kappa shape index (κ3) is 2.70. The lowest BCUT2D eigenvalue weighted by Gasteiger charge is -2.28. The minimum Gasteiger partial charge on any atom is -0.394 e. The minimum atomic E-state index is -0.517. The molecule has 0 heterocycles. The zero-order chi connectivity index (χ0) is 13.2. The lowest BCUT2D eigenvalue weighted by atomic mass is 9.98. The van der Waals surface area contributed by atoms with Gasteiger partial charge in [0.15, 0.2) is 0 Å². The molecule has 0 bridgehead atoms. The molecule has 0 radical (unpaired) electrons. The van der Waals surface area contributed by atoms with Gasteiger partial charge in [-0.25, -0.2) is 4.39 Å². The molecule has 0 atom stereocenters. The van der Waals surface area contributed by atoms with E-state index in [0.717, 1.165) is 25.7 Å². The van der Waals surface area contributed by atoms with Crippen LogP contribution in [0, 0.1) is 12.7 Å². The molecule has 1 saturated carbocycles. The van der Waals surface area contributed by atoms with Crippen molar-refractivity contribution in [2.45, 2.75) is 38.1 Å². The number of benzene rings is 1. The fourth-order valence-electron chi connectivity index (χ4n) is 2.55. The molecule has 0 aliphatic heterocycles. The number of aryl methyl sites for hydroxylation is 1. The van der Waals surface area contributed by atoms with E-state index in [2.05, 4.69) is 5.32 Å². The molecular weight excluding hydrogens is 233 g/mol. The quantitative estimate of drug-likeness (QED) is 0.865. The van der Waals surface area contributed by atoms with Crippen LogP contribution in [-0.4, -0.2) is 23.2 Å². The Labute approximate surface area is 106 Å². The van der Waals surface area contributed by atoms with Gasteiger partial charge in [0.2, 0.25) is 0 Å². The Morgan fingerprint density at radius 2 is 2.06 bits per heavy atom. The summed E-state index contributed by atoms with van der Waals surface area (Å²) in [6, 6.07) is 4.26. The number of aliphatic hydroxyl groups is 1. The standard InChI is InChI=1S/C14H18FNO2/c1-10-6-11(8-12(15)7-10)13(18)16-14(9-17)4-2-3-5-14/h6-8,17H,2-5,9H2,1H3,(H,16,18). The number of hydrogen-bond donors (Lipinski definition) is 2. The van der Waals surface area contributed by atoms with Crippen molar-refractivity contribution in [3.63, 3.8) is 0 Å². The van der Waals surface area contributed by atoms with E-state index in [-0.39, 0.29) is 12.5 Å². The molecule has 2 rings (SSSR count). The third-order valence-electron chi connectivity index (χ3n) is 3.55. The molecule has 2 N–H and O–H groups in total. The first-order chi connectivity index (χ1) is 8.54. The van der Waals surface area contributed by atoms with Crippen molar-refractivity contribution in [2.24, 2.45) is 0 Å². The molecule has 0 unspecified atom stereocenters. The Morgan fingerprint density at radius 3 is 2.61 bits per heavy atom. The van der Waals surface area contributed by atoms with Crippen LogP contribution in [0.5, 0.6) is 0 Å². The molecule has 0 aromatic heterocycles. The van der Waals surface area contributed by atoms with Gasteiger partial charge < -0.3 is 10.4 Å². The molecular formula is C14H18FNO2. The predicted molar refractivity (Wildman–Crippen MR) is 66.9 cm³/mol. The number of nitrogens with one attached hydrogen (secondary N) is 1. The molecule has 1 aliphatic carbocycles. The van der Waals surface area contributed by atoms with Crippen molar-refractivity contribution < 1.29 is 14.3 Å². The Kier molecular flexibility index (Phi) is 3.66. The molecule has 1 aromatic carbocycles. The highest BCUT2D eigenvalue weighted by molar-refractivity contribution is 5.94. The third-order valence-corrected chi connectivity index (χ3v) is 3.55. The normalized spacial score (nSPS) is 17.7. The van der Waals surface area contributed by atoms with E-state index in [9.17, 15) is 14.3 Å². The van der Waals surface area contributed by atoms with Gasteiger partial charge >= 0.3 is 0 Å². The van der Waals surface area contributed by atoms with E-state index in [1.54, 1.807) is 13.0 Å². The van der Waals surface area contributed by atoms with Crippen molar-refractivity contribution in [3.8, 4) is 0 Å². The number of rotatable bonds is 3. The van der Waals surface area contributed by atoms with Crippen LogP contribution < -0.4 is 5.32 Å². The summed E-state index contributed by atoms with van der Waals surface area (Å²) in [5.74, 6) is -0.724. The van der Waals surface area contributed by atoms with Crippen LogP contribution in [0.2, 0.25) is 0 Å². The summed E-state index contributed by atoms with van der Waals surface area (Å²) < 4.78 is 13.2. The predicted octanol–water partition coefficient (Wildman–Crippen LogP) is 2.17. The van der Waals surface area contributed by atoms with Gasteiger partial charge in [0.05, 0.1) is 12.1 Å². The molecule has 98 valence electrons. The second-order valence-corrected chi connectivity index (χ2v) is 5.12. The topological polar surface area (TPSA) is 49.3 Å². The molecule has 3 nitrogen and oxygen atoms in total. The zero-order valence-corrected chi connectivity index (χ0v) is 10.5. The smallest absolute Gasteiger partial charge is 0.251 e. The van der Waals surface area contributed by atoms with E-state index in [1.807, 2.05) is 0 Å². The van der Waals surface area contributed by atoms with Crippen molar-refractivity contribution in [3.05, 3.63) is 35.1 Å². The van der Waals surface area contributed by atoms with Gasteiger partial charge in [-0.2, -0.15) is 0 Å². The highest BCUT2D eigenvalue weighted by Crippen LogP contribution is 2.29. The Morgan fingerprint density at radius 1 is 1.39 bits per heavy atom. The summed E-state index contributed by atoms with van der Waals surface area (Å²) in [5, 5.41) is 12.3. The maximum absolute atomic E-state index is 13.2. The monoisotopic (exact) mass is 251 g/mol. The number of halogens is 1. The lowest BCUT2D eigenvalue weighted by molar-refractivity contribution is 0.0838. The van der Waals surface area contributed by atoms with Crippen LogP contribution in [0.3, 0.4) is 0 Å². The molecule has 1 amide bonds. The van der Waals surface area contributed by atoms with E-state index < -0.39 is 11.4 Å². The van der Waals surface area contributed by atoms with Crippen LogP contribution in [0.25, 0.3) is 0 Å². The first-order valence-electron chi connectivity index (χ1n) is 6.25. The molecule has 1 aliphatic rings. The largest absolute Gasteiger partial charge is 0.394 e. The van der Waals surface area contributed by atoms with Crippen LogP contribution in [0.1, 0.15) is 41.6 Å². The van der Waals surface area contributed by atoms with Crippen molar-refractivity contribution >= 4 is 5.91 Å². The summed E-state index contributed by atoms with van der Waals surface area (Å²) in [6.45, 7) is 1.68. The highest BCUT2D eigenvalue weighted by atomic mass is 19.1. The van der Waals surface area contributed by atoms with E-state index >= 15 is 0 Å². The molecule has 0 saturated heterocycles. The van der Waals surface area contributed by atoms with Gasteiger partial charge in [0, 0.05) is 5.56 Å². The van der Waals surface area contributed by atoms with Gasteiger partial charge in [-0.05, 0) is 43.5 Å². The number of carbonyl (C=O) groups is 1. The van der Waals surface area contributed by atoms with Gasteiger partial charge in [-0.3, -0.25) is 4.79 Å². The van der Waals surface area contributed by atoms with Crippen LogP contribution in [-0.2, 0) is 0 Å². The van der Waals surface area contributed by atoms with Crippen LogP contribution in [0.15, 0.2) is 18.2 Å². The number of aliphatic hydroxyl groups excluding tert-OH is 1. The van der Waals surface area contributed by atoms with E-state index in [1.165, 1.54) is 12.1 Å². The second-order valence-electron chi connectivity index (χ2n) is 5.12. The van der Waals surface area contributed by atoms with Crippen LogP contribution >= 0.6 is 0 Å². The minimum absolute atomic E-state index is 0.0625. The van der Waals surface area contributed by atoms with Gasteiger partial charge in [0.1, 0.15) is 5.82 Å². The van der Waals surface area contributed by atoms with Gasteiger partial charge in [-0.15, -0.1) is 0 Å². The Balaban J connectivity index is 2.16. The fourth-order valence-corrected chi connectivity index (χ4v) is 2.55. The number of amides is 1. The van der Waals surface area contributed by atoms with Crippen molar-refractivity contribution in [1.82, 2.24) is 5.32 Å². The summed E-state index contributed by atoms with van der Waals surface area (Å²) in [7, 11) is 0. The number of hydrogen-bond acceptors (Lipinski definition) is 2. The first-order valence-corrected chi connectivity index (χ1v) is 6.25. The molecule has 1 aromatic rings. The Hall–Kier alpha value is -1.42. The average molecular weight is 251 g/mol. The van der Waals surface area contributed by atoms with Crippen LogP contribution in [0.4, 0.5) is 4.39 Å². The summed E-state index contributed by atoms with van der Waals surface area (Å²) in [4.78, 5) is 12.1. The molecule has 0 spiro atoms. The van der Waals surface area contributed by atoms with Crippen molar-refractivity contribution in [1.29, 1.82) is 0 Å². The first kappa shape index (κ1) is 13.0. The molecule has 18 heavy (non-hydrogen) atoms. The van der Waals surface area contributed by atoms with Gasteiger partial charge in [-0.1, -0.05) is 12.8 Å². The summed E-state index contributed by atoms with van der Waals surface area (Å²) in [5.41, 5.74) is 0.508. The average Bonchev–Trinajstić information content (AvgIpc) is 2.77. The second kappa shape index (κ2) is 5.06. The molecule has 1 fully saturated rings. The summed E-state index contributed by atoms with van der Waals surface area (Å²) in [6.07, 6.45) is 3.57. The summed E-state index contributed by atoms with van der Waals surface area (Å²) >= 11 is 0. The zero-order valence-electron chi connectivity index (χ0n) is 10.5. The highest BCUT2D eigenvalue weighted by Gasteiger charge is 2.34. The van der Waals surface area contributed by atoms with Gasteiger partial charge in [0.25, 0.3) is 5.91 Å². The van der Waals surface area contributed by atoms with E-state index in [0.29, 0.717) is 11.1 Å².